The van der Waals surface area contributed by atoms with E-state index in [1.807, 2.05) is 18.4 Å². The van der Waals surface area contributed by atoms with E-state index in [0.29, 0.717) is 29.5 Å². The van der Waals surface area contributed by atoms with Gasteiger partial charge in [0, 0.05) is 28.3 Å². The topological polar surface area (TPSA) is 78.9 Å². The normalized spacial score (nSPS) is 15.3. The first kappa shape index (κ1) is 20.1. The van der Waals surface area contributed by atoms with E-state index in [-0.39, 0.29) is 5.78 Å². The summed E-state index contributed by atoms with van der Waals surface area (Å²) in [5.41, 5.74) is 10.6. The molecular formula is C22H22FN3OS. The summed E-state index contributed by atoms with van der Waals surface area (Å²) in [5.74, 6) is 0.0271. The summed E-state index contributed by atoms with van der Waals surface area (Å²) in [6.45, 7) is -0.539. The zero-order chi connectivity index (χ0) is 20.1. The highest BCUT2D eigenvalue weighted by Gasteiger charge is 2.28. The molecular weight excluding hydrogens is 373 g/mol. The summed E-state index contributed by atoms with van der Waals surface area (Å²) in [4.78, 5) is 13.6. The fourth-order valence-electron chi connectivity index (χ4n) is 3.45. The van der Waals surface area contributed by atoms with Crippen molar-refractivity contribution in [1.29, 1.82) is 5.26 Å². The van der Waals surface area contributed by atoms with Crippen LogP contribution in [0.3, 0.4) is 0 Å². The molecule has 1 unspecified atom stereocenters. The predicted molar refractivity (Wildman–Crippen MR) is 111 cm³/mol. The molecule has 0 saturated carbocycles. The number of halogens is 1. The number of nitrogens with zero attached hydrogens (tertiary/aromatic N) is 1. The minimum absolute atomic E-state index is 0.0271. The summed E-state index contributed by atoms with van der Waals surface area (Å²) in [6.07, 6.45) is 3.84. The van der Waals surface area contributed by atoms with Crippen molar-refractivity contribution >= 4 is 23.2 Å². The Morgan fingerprint density at radius 2 is 2.11 bits per heavy atom. The lowest BCUT2D eigenvalue weighted by molar-refractivity contribution is -0.116. The van der Waals surface area contributed by atoms with E-state index >= 15 is 0 Å². The molecule has 3 N–H and O–H groups in total. The number of allylic oxidation sites excluding steroid dienone is 1. The molecule has 0 aliphatic heterocycles. The van der Waals surface area contributed by atoms with Gasteiger partial charge in [-0.3, -0.25) is 4.79 Å². The Morgan fingerprint density at radius 3 is 2.82 bits per heavy atom. The number of carbonyl (C=O) groups excluding carboxylic acids is 1. The molecule has 144 valence electrons. The first-order valence-electron chi connectivity index (χ1n) is 9.09. The monoisotopic (exact) mass is 395 g/mol. The second-order valence-electron chi connectivity index (χ2n) is 6.67. The van der Waals surface area contributed by atoms with Crippen LogP contribution in [0.4, 0.5) is 10.1 Å². The number of nitriles is 1. The third-order valence-electron chi connectivity index (χ3n) is 4.84. The van der Waals surface area contributed by atoms with Gasteiger partial charge in [0.2, 0.25) is 0 Å². The fraction of sp³-hybridized carbons (Fsp3) is 0.273. The van der Waals surface area contributed by atoms with Gasteiger partial charge in [-0.2, -0.15) is 5.26 Å². The number of alkyl halides is 1. The highest BCUT2D eigenvalue weighted by atomic mass is 32.2. The molecule has 2 aromatic rings. The van der Waals surface area contributed by atoms with Gasteiger partial charge in [-0.1, -0.05) is 18.2 Å². The van der Waals surface area contributed by atoms with Crippen molar-refractivity contribution in [1.82, 2.24) is 0 Å². The van der Waals surface area contributed by atoms with Gasteiger partial charge in [-0.25, -0.2) is 4.39 Å². The minimum atomic E-state index is -0.588. The van der Waals surface area contributed by atoms with Crippen molar-refractivity contribution in [3.63, 3.8) is 0 Å². The molecule has 0 bridgehead atoms. The van der Waals surface area contributed by atoms with Crippen molar-refractivity contribution in [3.8, 4) is 6.07 Å². The van der Waals surface area contributed by atoms with Crippen molar-refractivity contribution < 1.29 is 9.18 Å². The van der Waals surface area contributed by atoms with Gasteiger partial charge >= 0.3 is 0 Å². The van der Waals surface area contributed by atoms with Crippen molar-refractivity contribution in [2.45, 2.75) is 36.9 Å². The maximum Gasteiger partial charge on any atom is 0.162 e. The highest BCUT2D eigenvalue weighted by molar-refractivity contribution is 7.98. The van der Waals surface area contributed by atoms with Crippen LogP contribution in [0.5, 0.6) is 0 Å². The predicted octanol–water partition coefficient (Wildman–Crippen LogP) is 4.87. The molecule has 6 heteroatoms. The Balaban J connectivity index is 2.01. The SMILES string of the molecule is CSc1cc(C#N)ccc1C(N)C1=C(Nc2cccc(CF)c2)CCCC1=O. The van der Waals surface area contributed by atoms with E-state index in [1.165, 1.54) is 11.8 Å². The first-order valence-corrected chi connectivity index (χ1v) is 10.3. The molecule has 0 heterocycles. The number of carbonyl (C=O) groups is 1. The molecule has 0 saturated heterocycles. The number of anilines is 1. The number of Topliss-reactive ketones (excluding diaryl/α,β-unsaturated/α-hetero) is 1. The van der Waals surface area contributed by atoms with Crippen LogP contribution in [0.2, 0.25) is 0 Å². The average Bonchev–Trinajstić information content (AvgIpc) is 2.73. The summed E-state index contributed by atoms with van der Waals surface area (Å²) < 4.78 is 13.0. The maximum absolute atomic E-state index is 13.0. The number of thioether (sulfide) groups is 1. The lowest BCUT2D eigenvalue weighted by Crippen LogP contribution is -2.26. The molecule has 2 aromatic carbocycles. The Bertz CT molecular complexity index is 964. The fourth-order valence-corrected chi connectivity index (χ4v) is 4.13. The van der Waals surface area contributed by atoms with E-state index in [2.05, 4.69) is 11.4 Å². The van der Waals surface area contributed by atoms with Crippen LogP contribution in [0.1, 0.15) is 42.0 Å². The van der Waals surface area contributed by atoms with Gasteiger partial charge in [0.25, 0.3) is 0 Å². The Labute approximate surface area is 168 Å². The van der Waals surface area contributed by atoms with E-state index in [4.69, 9.17) is 11.0 Å². The summed E-state index contributed by atoms with van der Waals surface area (Å²) in [7, 11) is 0. The smallest absolute Gasteiger partial charge is 0.162 e. The lowest BCUT2D eigenvalue weighted by atomic mass is 9.86. The van der Waals surface area contributed by atoms with Crippen LogP contribution in [0.15, 0.2) is 58.6 Å². The standard InChI is InChI=1S/C22H22FN3OS/c1-28-20-11-15(13-24)8-9-17(20)22(25)21-18(6-3-7-19(21)27)26-16-5-2-4-14(10-16)12-23/h2,4-5,8-11,22,26H,3,6-7,12,25H2,1H3. The molecule has 0 amide bonds. The maximum atomic E-state index is 13.0. The molecule has 3 rings (SSSR count). The first-order chi connectivity index (χ1) is 13.6. The largest absolute Gasteiger partial charge is 0.358 e. The third kappa shape index (κ3) is 4.27. The second-order valence-corrected chi connectivity index (χ2v) is 7.52. The zero-order valence-electron chi connectivity index (χ0n) is 15.7. The summed E-state index contributed by atoms with van der Waals surface area (Å²) in [6, 6.07) is 14.0. The number of nitrogens with one attached hydrogen (secondary N) is 1. The zero-order valence-corrected chi connectivity index (χ0v) is 16.5. The van der Waals surface area contributed by atoms with Crippen LogP contribution in [0, 0.1) is 11.3 Å². The van der Waals surface area contributed by atoms with E-state index < -0.39 is 12.7 Å². The highest BCUT2D eigenvalue weighted by Crippen LogP contribution is 2.35. The molecule has 4 nitrogen and oxygen atoms in total. The number of hydrogen-bond donors (Lipinski definition) is 2. The summed E-state index contributed by atoms with van der Waals surface area (Å²) >= 11 is 1.50. The van der Waals surface area contributed by atoms with E-state index in [0.717, 1.165) is 28.3 Å². The van der Waals surface area contributed by atoms with Crippen LogP contribution >= 0.6 is 11.8 Å². The summed E-state index contributed by atoms with van der Waals surface area (Å²) in [5, 5.41) is 12.4. The van der Waals surface area contributed by atoms with Gasteiger partial charge < -0.3 is 11.1 Å². The van der Waals surface area contributed by atoms with Gasteiger partial charge in [-0.15, -0.1) is 11.8 Å². The molecule has 1 atom stereocenters. The Morgan fingerprint density at radius 1 is 1.29 bits per heavy atom. The number of benzene rings is 2. The quantitative estimate of drug-likeness (QED) is 0.682. The van der Waals surface area contributed by atoms with Crippen LogP contribution in [0.25, 0.3) is 0 Å². The Kier molecular flexibility index (Phi) is 6.50. The van der Waals surface area contributed by atoms with Crippen LogP contribution in [-0.2, 0) is 11.5 Å². The van der Waals surface area contributed by atoms with Crippen LogP contribution < -0.4 is 11.1 Å². The third-order valence-corrected chi connectivity index (χ3v) is 5.63. The molecule has 0 aromatic heterocycles. The van der Waals surface area contributed by atoms with Crippen LogP contribution in [-0.4, -0.2) is 12.0 Å². The van der Waals surface area contributed by atoms with Gasteiger partial charge in [-0.05, 0) is 54.5 Å². The molecule has 0 radical (unpaired) electrons. The molecule has 0 fully saturated rings. The number of ketones is 1. The lowest BCUT2D eigenvalue weighted by Gasteiger charge is -2.26. The van der Waals surface area contributed by atoms with Gasteiger partial charge in [0.15, 0.2) is 5.78 Å². The minimum Gasteiger partial charge on any atom is -0.358 e. The molecule has 0 spiro atoms. The molecule has 1 aliphatic carbocycles. The van der Waals surface area contributed by atoms with Gasteiger partial charge in [0.1, 0.15) is 6.67 Å². The van der Waals surface area contributed by atoms with Crippen molar-refractivity contribution in [3.05, 3.63) is 70.4 Å². The van der Waals surface area contributed by atoms with Gasteiger partial charge in [0.05, 0.1) is 17.7 Å². The number of hydrogen-bond acceptors (Lipinski definition) is 5. The second kappa shape index (κ2) is 9.05. The van der Waals surface area contributed by atoms with Crippen molar-refractivity contribution in [2.24, 2.45) is 5.73 Å². The van der Waals surface area contributed by atoms with E-state index in [1.54, 1.807) is 30.3 Å². The number of nitrogens with two attached hydrogens (primary N) is 1. The van der Waals surface area contributed by atoms with E-state index in [9.17, 15) is 9.18 Å². The van der Waals surface area contributed by atoms with Crippen molar-refractivity contribution in [2.75, 3.05) is 11.6 Å². The molecule has 1 aliphatic rings. The number of rotatable bonds is 6. The Hall–Kier alpha value is -2.62. The molecule has 28 heavy (non-hydrogen) atoms. The average molecular weight is 396 g/mol.